The minimum atomic E-state index is 0.0870. The van der Waals surface area contributed by atoms with Crippen LogP contribution < -0.4 is 0 Å². The first-order chi connectivity index (χ1) is 10.1. The van der Waals surface area contributed by atoms with Crippen LogP contribution in [0.4, 0.5) is 0 Å². The number of carbonyl (C=O) groups is 1. The molecule has 2 aromatic heterocycles. The molecule has 0 atom stereocenters. The molecule has 0 saturated heterocycles. The largest absolute Gasteiger partial charge is 0.348 e. The van der Waals surface area contributed by atoms with Crippen molar-refractivity contribution in [2.75, 3.05) is 14.1 Å². The molecular formula is C16H16N2OS2. The second kappa shape index (κ2) is 5.58. The minimum Gasteiger partial charge on any atom is -0.348 e. The summed E-state index contributed by atoms with van der Waals surface area (Å²) < 4.78 is 1.28. The maximum absolute atomic E-state index is 11.8. The van der Waals surface area contributed by atoms with Gasteiger partial charge in [-0.15, -0.1) is 22.7 Å². The molecule has 0 aliphatic heterocycles. The van der Waals surface area contributed by atoms with Gasteiger partial charge in [0.2, 0.25) is 5.91 Å². The predicted octanol–water partition coefficient (Wildman–Crippen LogP) is 3.96. The van der Waals surface area contributed by atoms with E-state index in [2.05, 4.69) is 41.6 Å². The Morgan fingerprint density at radius 2 is 2.05 bits per heavy atom. The highest BCUT2D eigenvalue weighted by molar-refractivity contribution is 7.22. The average molecular weight is 316 g/mol. The fourth-order valence-electron chi connectivity index (χ4n) is 2.20. The summed E-state index contributed by atoms with van der Waals surface area (Å²) in [6, 6.07) is 8.41. The zero-order valence-electron chi connectivity index (χ0n) is 12.2. The lowest BCUT2D eigenvalue weighted by Gasteiger charge is -2.07. The molecule has 0 fully saturated rings. The first kappa shape index (κ1) is 14.2. The number of fused-ring (bicyclic) bond motifs is 1. The molecule has 0 unspecified atom stereocenters. The molecule has 0 bridgehead atoms. The van der Waals surface area contributed by atoms with Crippen LogP contribution in [0, 0.1) is 6.92 Å². The second-order valence-corrected chi connectivity index (χ2v) is 7.14. The number of amides is 1. The van der Waals surface area contributed by atoms with Crippen molar-refractivity contribution in [1.82, 2.24) is 9.88 Å². The van der Waals surface area contributed by atoms with E-state index in [1.807, 2.05) is 0 Å². The molecule has 0 N–H and O–H groups in total. The molecule has 0 aliphatic carbocycles. The molecule has 5 heteroatoms. The molecule has 108 valence electrons. The van der Waals surface area contributed by atoms with E-state index in [1.54, 1.807) is 41.7 Å². The van der Waals surface area contributed by atoms with E-state index in [1.165, 1.54) is 20.5 Å². The standard InChI is InChI=1S/C16H16N2OS2/c1-10-11-6-4-5-7-13(11)21-16(10)12-9-20-14(17-12)8-15(19)18(2)3/h4-7,9H,8H2,1-3H3. The third-order valence-electron chi connectivity index (χ3n) is 3.43. The molecule has 1 amide bonds. The highest BCUT2D eigenvalue weighted by Gasteiger charge is 2.14. The lowest BCUT2D eigenvalue weighted by molar-refractivity contribution is -0.127. The lowest BCUT2D eigenvalue weighted by atomic mass is 10.1. The van der Waals surface area contributed by atoms with Crippen molar-refractivity contribution in [3.8, 4) is 10.6 Å². The number of carbonyl (C=O) groups excluding carboxylic acids is 1. The number of benzene rings is 1. The average Bonchev–Trinajstić information content (AvgIpc) is 3.04. The van der Waals surface area contributed by atoms with E-state index in [9.17, 15) is 4.79 Å². The zero-order valence-corrected chi connectivity index (χ0v) is 13.8. The number of aromatic nitrogens is 1. The summed E-state index contributed by atoms with van der Waals surface area (Å²) in [5.41, 5.74) is 2.26. The van der Waals surface area contributed by atoms with Crippen LogP contribution in [-0.2, 0) is 11.2 Å². The quantitative estimate of drug-likeness (QED) is 0.732. The van der Waals surface area contributed by atoms with Gasteiger partial charge in [-0.1, -0.05) is 18.2 Å². The molecular weight excluding hydrogens is 300 g/mol. The molecule has 1 aromatic carbocycles. The van der Waals surface area contributed by atoms with E-state index in [-0.39, 0.29) is 5.91 Å². The fraction of sp³-hybridized carbons (Fsp3) is 0.250. The Balaban J connectivity index is 1.95. The van der Waals surface area contributed by atoms with Crippen LogP contribution in [0.15, 0.2) is 29.6 Å². The number of likely N-dealkylation sites (N-methyl/N-ethyl adjacent to an activating group) is 1. The normalized spacial score (nSPS) is 11.0. The van der Waals surface area contributed by atoms with Crippen LogP contribution in [0.25, 0.3) is 20.7 Å². The second-order valence-electron chi connectivity index (χ2n) is 5.14. The fourth-order valence-corrected chi connectivity index (χ4v) is 4.22. The van der Waals surface area contributed by atoms with Gasteiger partial charge in [0.05, 0.1) is 17.0 Å². The van der Waals surface area contributed by atoms with Gasteiger partial charge in [-0.3, -0.25) is 4.79 Å². The number of thiazole rings is 1. The van der Waals surface area contributed by atoms with Gasteiger partial charge in [-0.25, -0.2) is 4.98 Å². The van der Waals surface area contributed by atoms with Gasteiger partial charge in [0.1, 0.15) is 5.01 Å². The van der Waals surface area contributed by atoms with Crippen molar-refractivity contribution in [2.45, 2.75) is 13.3 Å². The van der Waals surface area contributed by atoms with Gasteiger partial charge in [-0.05, 0) is 23.9 Å². The summed E-state index contributed by atoms with van der Waals surface area (Å²) in [7, 11) is 3.54. The van der Waals surface area contributed by atoms with Crippen molar-refractivity contribution < 1.29 is 4.79 Å². The van der Waals surface area contributed by atoms with Gasteiger partial charge >= 0.3 is 0 Å². The van der Waals surface area contributed by atoms with Crippen LogP contribution in [0.5, 0.6) is 0 Å². The maximum Gasteiger partial charge on any atom is 0.228 e. The number of thiophene rings is 1. The highest BCUT2D eigenvalue weighted by Crippen LogP contribution is 2.38. The van der Waals surface area contributed by atoms with Gasteiger partial charge < -0.3 is 4.90 Å². The Labute approximate surface area is 131 Å². The molecule has 3 aromatic rings. The maximum atomic E-state index is 11.8. The van der Waals surface area contributed by atoms with Crippen LogP contribution in [0.3, 0.4) is 0 Å². The van der Waals surface area contributed by atoms with E-state index in [0.29, 0.717) is 6.42 Å². The number of hydrogen-bond acceptors (Lipinski definition) is 4. The third kappa shape index (κ3) is 2.71. The van der Waals surface area contributed by atoms with Crippen molar-refractivity contribution in [3.05, 3.63) is 40.2 Å². The Hall–Kier alpha value is -1.72. The SMILES string of the molecule is Cc1c(-c2csc(CC(=O)N(C)C)n2)sc2ccccc12. The molecule has 0 radical (unpaired) electrons. The smallest absolute Gasteiger partial charge is 0.228 e. The number of nitrogens with zero attached hydrogens (tertiary/aromatic N) is 2. The van der Waals surface area contributed by atoms with Crippen molar-refractivity contribution >= 4 is 38.7 Å². The van der Waals surface area contributed by atoms with E-state index in [4.69, 9.17) is 0 Å². The summed E-state index contributed by atoms with van der Waals surface area (Å²) in [5, 5.41) is 4.22. The van der Waals surface area contributed by atoms with E-state index < -0.39 is 0 Å². The monoisotopic (exact) mass is 316 g/mol. The number of rotatable bonds is 3. The van der Waals surface area contributed by atoms with Gasteiger partial charge in [-0.2, -0.15) is 0 Å². The minimum absolute atomic E-state index is 0.0870. The van der Waals surface area contributed by atoms with Crippen LogP contribution in [0.2, 0.25) is 0 Å². The summed E-state index contributed by atoms with van der Waals surface area (Å²) in [6.07, 6.45) is 0.377. The van der Waals surface area contributed by atoms with Crippen molar-refractivity contribution in [2.24, 2.45) is 0 Å². The molecule has 3 rings (SSSR count). The Morgan fingerprint density at radius 3 is 2.76 bits per heavy atom. The first-order valence-electron chi connectivity index (χ1n) is 6.69. The molecule has 0 saturated carbocycles. The summed E-state index contributed by atoms with van der Waals surface area (Å²) in [4.78, 5) is 19.2. The van der Waals surface area contributed by atoms with Crippen LogP contribution in [0.1, 0.15) is 10.6 Å². The number of hydrogen-bond donors (Lipinski definition) is 0. The Bertz CT molecular complexity index is 802. The van der Waals surface area contributed by atoms with Crippen LogP contribution in [-0.4, -0.2) is 29.9 Å². The van der Waals surface area contributed by atoms with E-state index in [0.717, 1.165) is 10.7 Å². The van der Waals surface area contributed by atoms with E-state index >= 15 is 0 Å². The molecule has 3 nitrogen and oxygen atoms in total. The topological polar surface area (TPSA) is 33.2 Å². The molecule has 2 heterocycles. The summed E-state index contributed by atoms with van der Waals surface area (Å²) in [6.45, 7) is 2.14. The highest BCUT2D eigenvalue weighted by atomic mass is 32.1. The number of aryl methyl sites for hydroxylation is 1. The molecule has 0 spiro atoms. The van der Waals surface area contributed by atoms with Crippen LogP contribution >= 0.6 is 22.7 Å². The molecule has 0 aliphatic rings. The van der Waals surface area contributed by atoms with Crippen molar-refractivity contribution in [3.63, 3.8) is 0 Å². The van der Waals surface area contributed by atoms with Crippen molar-refractivity contribution in [1.29, 1.82) is 0 Å². The predicted molar refractivity (Wildman–Crippen MR) is 90.1 cm³/mol. The molecule has 21 heavy (non-hydrogen) atoms. The van der Waals surface area contributed by atoms with Gasteiger partial charge in [0.25, 0.3) is 0 Å². The first-order valence-corrected chi connectivity index (χ1v) is 8.39. The summed E-state index contributed by atoms with van der Waals surface area (Å²) >= 11 is 3.32. The van der Waals surface area contributed by atoms with Gasteiger partial charge in [0, 0.05) is 24.2 Å². The third-order valence-corrected chi connectivity index (χ3v) is 5.57. The zero-order chi connectivity index (χ0) is 15.0. The van der Waals surface area contributed by atoms with Gasteiger partial charge in [0.15, 0.2) is 0 Å². The Kier molecular flexibility index (Phi) is 3.78. The lowest BCUT2D eigenvalue weighted by Crippen LogP contribution is -2.23. The Morgan fingerprint density at radius 1 is 1.29 bits per heavy atom. The summed E-state index contributed by atoms with van der Waals surface area (Å²) in [5.74, 6) is 0.0870.